The van der Waals surface area contributed by atoms with E-state index in [-0.39, 0.29) is 23.7 Å². The Bertz CT molecular complexity index is 500. The van der Waals surface area contributed by atoms with E-state index in [1.807, 2.05) is 12.3 Å². The molecule has 0 aromatic carbocycles. The van der Waals surface area contributed by atoms with Gasteiger partial charge in [0.1, 0.15) is 0 Å². The average molecular weight is 295 g/mol. The fourth-order valence-corrected chi connectivity index (χ4v) is 3.10. The zero-order chi connectivity index (χ0) is 14.7. The maximum atomic E-state index is 12.2. The molecule has 0 saturated carbocycles. The number of rotatable bonds is 4. The Labute approximate surface area is 123 Å². The van der Waals surface area contributed by atoms with Crippen LogP contribution in [0.5, 0.6) is 0 Å². The minimum absolute atomic E-state index is 0.0230. The molecule has 1 saturated heterocycles. The molecule has 2 amide bonds. The standard InChI is InChI=1S/C14H21N3O2S/c1-4-8(2)11-7-20-14(16-11)17-13(19)10-6-15-12(18)5-9(10)3/h7-10H,4-6H2,1-3H3,(H,15,18)(H,16,17,19). The Hall–Kier alpha value is -1.43. The molecule has 110 valence electrons. The highest BCUT2D eigenvalue weighted by atomic mass is 32.1. The number of thiazole rings is 1. The summed E-state index contributed by atoms with van der Waals surface area (Å²) < 4.78 is 0. The molecule has 2 N–H and O–H groups in total. The number of carbonyl (C=O) groups is 2. The first kappa shape index (κ1) is 15.0. The van der Waals surface area contributed by atoms with Crippen LogP contribution in [0.4, 0.5) is 5.13 Å². The monoisotopic (exact) mass is 295 g/mol. The number of aromatic nitrogens is 1. The number of hydrogen-bond acceptors (Lipinski definition) is 4. The van der Waals surface area contributed by atoms with Crippen molar-refractivity contribution in [2.45, 2.75) is 39.5 Å². The molecule has 3 unspecified atom stereocenters. The van der Waals surface area contributed by atoms with Gasteiger partial charge in [0.05, 0.1) is 11.6 Å². The molecule has 0 spiro atoms. The summed E-state index contributed by atoms with van der Waals surface area (Å²) in [4.78, 5) is 28.0. The molecule has 1 aromatic heterocycles. The highest BCUT2D eigenvalue weighted by Crippen LogP contribution is 2.26. The second-order valence-corrected chi connectivity index (χ2v) is 6.33. The van der Waals surface area contributed by atoms with Crippen LogP contribution in [-0.4, -0.2) is 23.3 Å². The largest absolute Gasteiger partial charge is 0.355 e. The van der Waals surface area contributed by atoms with E-state index >= 15 is 0 Å². The molecule has 1 aliphatic heterocycles. The van der Waals surface area contributed by atoms with Crippen molar-refractivity contribution in [1.29, 1.82) is 0 Å². The molecule has 20 heavy (non-hydrogen) atoms. The lowest BCUT2D eigenvalue weighted by atomic mass is 9.87. The van der Waals surface area contributed by atoms with E-state index in [1.54, 1.807) is 0 Å². The summed E-state index contributed by atoms with van der Waals surface area (Å²) in [6.45, 7) is 6.60. The van der Waals surface area contributed by atoms with Crippen molar-refractivity contribution in [3.8, 4) is 0 Å². The van der Waals surface area contributed by atoms with Gasteiger partial charge >= 0.3 is 0 Å². The molecule has 1 fully saturated rings. The molecular formula is C14H21N3O2S. The Morgan fingerprint density at radius 2 is 2.40 bits per heavy atom. The van der Waals surface area contributed by atoms with Gasteiger partial charge in [-0.05, 0) is 18.3 Å². The topological polar surface area (TPSA) is 71.1 Å². The van der Waals surface area contributed by atoms with Gasteiger partial charge in [-0.15, -0.1) is 11.3 Å². The van der Waals surface area contributed by atoms with E-state index in [1.165, 1.54) is 11.3 Å². The smallest absolute Gasteiger partial charge is 0.231 e. The van der Waals surface area contributed by atoms with E-state index < -0.39 is 0 Å². The highest BCUT2D eigenvalue weighted by Gasteiger charge is 2.31. The van der Waals surface area contributed by atoms with Gasteiger partial charge in [-0.25, -0.2) is 4.98 Å². The van der Waals surface area contributed by atoms with Crippen LogP contribution in [0.1, 0.15) is 45.2 Å². The molecule has 5 nitrogen and oxygen atoms in total. The third-order valence-corrected chi connectivity index (χ3v) is 4.70. The number of nitrogens with one attached hydrogen (secondary N) is 2. The first-order valence-corrected chi connectivity index (χ1v) is 7.92. The van der Waals surface area contributed by atoms with Gasteiger partial charge in [0, 0.05) is 18.3 Å². The van der Waals surface area contributed by atoms with Gasteiger partial charge in [0.25, 0.3) is 0 Å². The lowest BCUT2D eigenvalue weighted by Gasteiger charge is -2.27. The molecule has 2 heterocycles. The molecule has 0 radical (unpaired) electrons. The van der Waals surface area contributed by atoms with E-state index in [9.17, 15) is 9.59 Å². The lowest BCUT2D eigenvalue weighted by molar-refractivity contribution is -0.128. The van der Waals surface area contributed by atoms with Crippen LogP contribution < -0.4 is 10.6 Å². The minimum atomic E-state index is -0.177. The van der Waals surface area contributed by atoms with Crippen molar-refractivity contribution in [2.75, 3.05) is 11.9 Å². The molecule has 3 atom stereocenters. The van der Waals surface area contributed by atoms with Crippen LogP contribution in [0.3, 0.4) is 0 Å². The molecule has 1 aliphatic rings. The second-order valence-electron chi connectivity index (χ2n) is 5.47. The number of nitrogens with zero attached hydrogens (tertiary/aromatic N) is 1. The zero-order valence-electron chi connectivity index (χ0n) is 12.1. The van der Waals surface area contributed by atoms with Gasteiger partial charge in [0.15, 0.2) is 5.13 Å². The minimum Gasteiger partial charge on any atom is -0.355 e. The van der Waals surface area contributed by atoms with Crippen molar-refractivity contribution in [2.24, 2.45) is 11.8 Å². The summed E-state index contributed by atoms with van der Waals surface area (Å²) >= 11 is 1.46. The fourth-order valence-electron chi connectivity index (χ4n) is 2.26. The van der Waals surface area contributed by atoms with Gasteiger partial charge in [-0.1, -0.05) is 20.8 Å². The molecule has 0 aliphatic carbocycles. The second kappa shape index (κ2) is 6.35. The average Bonchev–Trinajstić information content (AvgIpc) is 2.86. The molecule has 2 rings (SSSR count). The van der Waals surface area contributed by atoms with E-state index in [4.69, 9.17) is 0 Å². The number of hydrogen-bond donors (Lipinski definition) is 2. The van der Waals surface area contributed by atoms with Crippen LogP contribution in [0.25, 0.3) is 0 Å². The molecule has 1 aromatic rings. The summed E-state index contributed by atoms with van der Waals surface area (Å²) in [5, 5.41) is 8.26. The van der Waals surface area contributed by atoms with Crippen LogP contribution in [0.2, 0.25) is 0 Å². The van der Waals surface area contributed by atoms with Crippen LogP contribution in [0, 0.1) is 11.8 Å². The Kier molecular flexibility index (Phi) is 4.75. The normalized spacial score (nSPS) is 24.1. The number of amides is 2. The summed E-state index contributed by atoms with van der Waals surface area (Å²) in [6.07, 6.45) is 1.44. The van der Waals surface area contributed by atoms with Gasteiger partial charge in [-0.2, -0.15) is 0 Å². The fraction of sp³-hybridized carbons (Fsp3) is 0.643. The number of carbonyl (C=O) groups excluding carboxylic acids is 2. The predicted octanol–water partition coefficient (Wildman–Crippen LogP) is 2.37. The maximum Gasteiger partial charge on any atom is 0.231 e. The van der Waals surface area contributed by atoms with Crippen LogP contribution >= 0.6 is 11.3 Å². The van der Waals surface area contributed by atoms with Crippen molar-refractivity contribution in [3.63, 3.8) is 0 Å². The summed E-state index contributed by atoms with van der Waals surface area (Å²) in [5.74, 6) is 0.267. The first-order valence-electron chi connectivity index (χ1n) is 7.04. The van der Waals surface area contributed by atoms with Crippen LogP contribution in [0.15, 0.2) is 5.38 Å². The summed E-state index contributed by atoms with van der Waals surface area (Å²) in [5.41, 5.74) is 1.03. The molecule has 0 bridgehead atoms. The zero-order valence-corrected chi connectivity index (χ0v) is 12.9. The molecule has 6 heteroatoms. The number of anilines is 1. The third kappa shape index (κ3) is 3.36. The Morgan fingerprint density at radius 3 is 3.05 bits per heavy atom. The van der Waals surface area contributed by atoms with Crippen molar-refractivity contribution >= 4 is 28.3 Å². The number of piperidine rings is 1. The SMILES string of the molecule is CCC(C)c1csc(NC(=O)C2CNC(=O)CC2C)n1. The van der Waals surface area contributed by atoms with Gasteiger partial charge in [0.2, 0.25) is 11.8 Å². The maximum absolute atomic E-state index is 12.2. The molecular weight excluding hydrogens is 274 g/mol. The summed E-state index contributed by atoms with van der Waals surface area (Å²) in [6, 6.07) is 0. The van der Waals surface area contributed by atoms with Gasteiger partial charge < -0.3 is 10.6 Å². The van der Waals surface area contributed by atoms with E-state index in [0.29, 0.717) is 24.0 Å². The Balaban J connectivity index is 1.97. The quantitative estimate of drug-likeness (QED) is 0.896. The van der Waals surface area contributed by atoms with Gasteiger partial charge in [-0.3, -0.25) is 9.59 Å². The van der Waals surface area contributed by atoms with E-state index in [2.05, 4.69) is 29.5 Å². The van der Waals surface area contributed by atoms with Crippen molar-refractivity contribution in [3.05, 3.63) is 11.1 Å². The summed E-state index contributed by atoms with van der Waals surface area (Å²) in [7, 11) is 0. The predicted molar refractivity (Wildman–Crippen MR) is 79.7 cm³/mol. The highest BCUT2D eigenvalue weighted by molar-refractivity contribution is 7.13. The van der Waals surface area contributed by atoms with Crippen LogP contribution in [-0.2, 0) is 9.59 Å². The van der Waals surface area contributed by atoms with Crippen molar-refractivity contribution in [1.82, 2.24) is 10.3 Å². The third-order valence-electron chi connectivity index (χ3n) is 3.92. The van der Waals surface area contributed by atoms with Crippen molar-refractivity contribution < 1.29 is 9.59 Å². The lowest BCUT2D eigenvalue weighted by Crippen LogP contribution is -2.45. The van der Waals surface area contributed by atoms with E-state index in [0.717, 1.165) is 12.1 Å². The first-order chi connectivity index (χ1) is 9.51. The Morgan fingerprint density at radius 1 is 1.65 bits per heavy atom.